The van der Waals surface area contributed by atoms with Crippen molar-refractivity contribution in [3.8, 4) is 0 Å². The third kappa shape index (κ3) is 4.44. The lowest BCUT2D eigenvalue weighted by Crippen LogP contribution is -2.30. The smallest absolute Gasteiger partial charge is 0.170 e. The molecule has 1 aliphatic heterocycles. The Morgan fingerprint density at radius 3 is 2.83 bits per heavy atom. The van der Waals surface area contributed by atoms with Gasteiger partial charge in [0.1, 0.15) is 0 Å². The zero-order valence-corrected chi connectivity index (χ0v) is 11.7. The molecule has 1 aromatic carbocycles. The van der Waals surface area contributed by atoms with E-state index in [4.69, 9.17) is 28.6 Å². The highest BCUT2D eigenvalue weighted by atomic mass is 35.5. The standard InChI is InChI=1S/C13H17ClN2OS/c14-10-3-5-11(6-4-10)16-13(18)15-8-7-12-2-1-9-17-12/h3-6,12H,1-2,7-9H2,(H2,15,16,18). The molecule has 2 rings (SSSR count). The van der Waals surface area contributed by atoms with Gasteiger partial charge in [-0.25, -0.2) is 0 Å². The number of ether oxygens (including phenoxy) is 1. The van der Waals surface area contributed by atoms with Crippen LogP contribution >= 0.6 is 23.8 Å². The molecular formula is C13H17ClN2OS. The van der Waals surface area contributed by atoms with Gasteiger partial charge in [0.2, 0.25) is 0 Å². The molecule has 0 bridgehead atoms. The van der Waals surface area contributed by atoms with Gasteiger partial charge in [0.05, 0.1) is 6.10 Å². The van der Waals surface area contributed by atoms with Gasteiger partial charge in [-0.1, -0.05) is 11.6 Å². The van der Waals surface area contributed by atoms with E-state index in [-0.39, 0.29) is 0 Å². The molecule has 1 fully saturated rings. The number of hydrogen-bond donors (Lipinski definition) is 2. The van der Waals surface area contributed by atoms with Crippen LogP contribution in [0.2, 0.25) is 5.02 Å². The van der Waals surface area contributed by atoms with Crippen molar-refractivity contribution in [1.29, 1.82) is 0 Å². The van der Waals surface area contributed by atoms with Gasteiger partial charge in [-0.05, 0) is 55.7 Å². The fraction of sp³-hybridized carbons (Fsp3) is 0.462. The summed E-state index contributed by atoms with van der Waals surface area (Å²) in [6, 6.07) is 7.46. The van der Waals surface area contributed by atoms with Crippen LogP contribution in [0, 0.1) is 0 Å². The van der Waals surface area contributed by atoms with Crippen molar-refractivity contribution < 1.29 is 4.74 Å². The minimum Gasteiger partial charge on any atom is -0.378 e. The molecular weight excluding hydrogens is 268 g/mol. The van der Waals surface area contributed by atoms with Crippen molar-refractivity contribution in [2.24, 2.45) is 0 Å². The van der Waals surface area contributed by atoms with Crippen LogP contribution in [0.25, 0.3) is 0 Å². The Morgan fingerprint density at radius 1 is 1.39 bits per heavy atom. The highest BCUT2D eigenvalue weighted by Gasteiger charge is 2.14. The molecule has 1 aliphatic rings. The Bertz CT molecular complexity index is 390. The number of anilines is 1. The first-order valence-corrected chi connectivity index (χ1v) is 6.95. The Morgan fingerprint density at radius 2 is 2.17 bits per heavy atom. The van der Waals surface area contributed by atoms with Crippen molar-refractivity contribution in [3.05, 3.63) is 29.3 Å². The summed E-state index contributed by atoms with van der Waals surface area (Å²) in [6.45, 7) is 1.74. The highest BCUT2D eigenvalue weighted by molar-refractivity contribution is 7.80. The molecule has 2 N–H and O–H groups in total. The molecule has 1 aromatic rings. The van der Waals surface area contributed by atoms with Gasteiger partial charge >= 0.3 is 0 Å². The average Bonchev–Trinajstić information content (AvgIpc) is 2.85. The Labute approximate surface area is 118 Å². The first-order valence-electron chi connectivity index (χ1n) is 6.16. The summed E-state index contributed by atoms with van der Waals surface area (Å²) in [4.78, 5) is 0. The first-order chi connectivity index (χ1) is 8.74. The van der Waals surface area contributed by atoms with Crippen LogP contribution in [0.1, 0.15) is 19.3 Å². The average molecular weight is 285 g/mol. The van der Waals surface area contributed by atoms with Gasteiger partial charge in [-0.3, -0.25) is 0 Å². The van der Waals surface area contributed by atoms with Crippen LogP contribution in [0.3, 0.4) is 0 Å². The van der Waals surface area contributed by atoms with E-state index in [0.29, 0.717) is 11.2 Å². The molecule has 1 saturated heterocycles. The Kier molecular flexibility index (Phi) is 5.23. The fourth-order valence-electron chi connectivity index (χ4n) is 1.93. The summed E-state index contributed by atoms with van der Waals surface area (Å²) >= 11 is 11.0. The summed E-state index contributed by atoms with van der Waals surface area (Å²) < 4.78 is 5.55. The van der Waals surface area contributed by atoms with Gasteiger partial charge in [0, 0.05) is 23.9 Å². The van der Waals surface area contributed by atoms with Crippen LogP contribution in [-0.4, -0.2) is 24.4 Å². The van der Waals surface area contributed by atoms with E-state index in [1.165, 1.54) is 12.8 Å². The maximum atomic E-state index is 5.81. The topological polar surface area (TPSA) is 33.3 Å². The summed E-state index contributed by atoms with van der Waals surface area (Å²) in [7, 11) is 0. The zero-order valence-electron chi connectivity index (χ0n) is 10.1. The van der Waals surface area contributed by atoms with Crippen LogP contribution in [0.5, 0.6) is 0 Å². The van der Waals surface area contributed by atoms with Crippen molar-refractivity contribution >= 4 is 34.6 Å². The van der Waals surface area contributed by atoms with E-state index in [1.54, 1.807) is 0 Å². The molecule has 0 spiro atoms. The number of benzene rings is 1. The summed E-state index contributed by atoms with van der Waals surface area (Å²) in [5.41, 5.74) is 0.939. The lowest BCUT2D eigenvalue weighted by atomic mass is 10.2. The van der Waals surface area contributed by atoms with Gasteiger partial charge in [-0.15, -0.1) is 0 Å². The molecule has 18 heavy (non-hydrogen) atoms. The summed E-state index contributed by atoms with van der Waals surface area (Å²) in [5.74, 6) is 0. The summed E-state index contributed by atoms with van der Waals surface area (Å²) in [5, 5.41) is 7.65. The van der Waals surface area contributed by atoms with Crippen molar-refractivity contribution in [3.63, 3.8) is 0 Å². The van der Waals surface area contributed by atoms with E-state index in [0.717, 1.165) is 30.3 Å². The van der Waals surface area contributed by atoms with Crippen LogP contribution < -0.4 is 10.6 Å². The highest BCUT2D eigenvalue weighted by Crippen LogP contribution is 2.15. The molecule has 3 nitrogen and oxygen atoms in total. The number of hydrogen-bond acceptors (Lipinski definition) is 2. The van der Waals surface area contributed by atoms with Gasteiger partial charge in [0.25, 0.3) is 0 Å². The predicted molar refractivity (Wildman–Crippen MR) is 79.3 cm³/mol. The molecule has 0 aromatic heterocycles. The number of thiocarbonyl (C=S) groups is 1. The van der Waals surface area contributed by atoms with E-state index in [2.05, 4.69) is 10.6 Å². The number of halogens is 1. The second kappa shape index (κ2) is 6.92. The molecule has 0 saturated carbocycles. The normalized spacial score (nSPS) is 18.6. The van der Waals surface area contributed by atoms with E-state index in [9.17, 15) is 0 Å². The fourth-order valence-corrected chi connectivity index (χ4v) is 2.27. The monoisotopic (exact) mass is 284 g/mol. The van der Waals surface area contributed by atoms with Crippen molar-refractivity contribution in [1.82, 2.24) is 5.32 Å². The predicted octanol–water partition coefficient (Wildman–Crippen LogP) is 3.20. The lowest BCUT2D eigenvalue weighted by molar-refractivity contribution is 0.105. The Hall–Kier alpha value is -0.840. The second-order valence-corrected chi connectivity index (χ2v) is 5.16. The molecule has 1 unspecified atom stereocenters. The minimum absolute atomic E-state index is 0.399. The van der Waals surface area contributed by atoms with Crippen molar-refractivity contribution in [2.45, 2.75) is 25.4 Å². The largest absolute Gasteiger partial charge is 0.378 e. The molecule has 5 heteroatoms. The third-order valence-electron chi connectivity index (χ3n) is 2.88. The lowest BCUT2D eigenvalue weighted by Gasteiger charge is -2.13. The molecule has 98 valence electrons. The summed E-state index contributed by atoms with van der Waals surface area (Å²) in [6.07, 6.45) is 3.75. The molecule has 0 aliphatic carbocycles. The van der Waals surface area contributed by atoms with Crippen LogP contribution in [-0.2, 0) is 4.74 Å². The third-order valence-corrected chi connectivity index (χ3v) is 3.38. The van der Waals surface area contributed by atoms with Crippen molar-refractivity contribution in [2.75, 3.05) is 18.5 Å². The maximum absolute atomic E-state index is 5.81. The molecule has 0 radical (unpaired) electrons. The van der Waals surface area contributed by atoms with Crippen LogP contribution in [0.15, 0.2) is 24.3 Å². The van der Waals surface area contributed by atoms with E-state index < -0.39 is 0 Å². The quantitative estimate of drug-likeness (QED) is 0.832. The number of nitrogens with one attached hydrogen (secondary N) is 2. The van der Waals surface area contributed by atoms with Gasteiger partial charge < -0.3 is 15.4 Å². The molecule has 0 amide bonds. The zero-order chi connectivity index (χ0) is 12.8. The maximum Gasteiger partial charge on any atom is 0.170 e. The van der Waals surface area contributed by atoms with Gasteiger partial charge in [-0.2, -0.15) is 0 Å². The second-order valence-electron chi connectivity index (χ2n) is 4.31. The number of rotatable bonds is 4. The Balaban J connectivity index is 1.66. The van der Waals surface area contributed by atoms with Gasteiger partial charge in [0.15, 0.2) is 5.11 Å². The van der Waals surface area contributed by atoms with Crippen LogP contribution in [0.4, 0.5) is 5.69 Å². The SMILES string of the molecule is S=C(NCCC1CCCO1)Nc1ccc(Cl)cc1. The van der Waals surface area contributed by atoms with E-state index in [1.807, 2.05) is 24.3 Å². The molecule has 1 atom stereocenters. The molecule has 1 heterocycles. The first kappa shape index (κ1) is 13.6. The van der Waals surface area contributed by atoms with E-state index >= 15 is 0 Å². The minimum atomic E-state index is 0.399.